The van der Waals surface area contributed by atoms with Gasteiger partial charge in [-0.2, -0.15) is 0 Å². The maximum Gasteiger partial charge on any atom is 0.295 e. The van der Waals surface area contributed by atoms with Crippen LogP contribution in [-0.2, 0) is 4.79 Å². The number of nitro groups is 1. The molecule has 1 N–H and O–H groups in total. The van der Waals surface area contributed by atoms with Crippen molar-refractivity contribution in [2.45, 2.75) is 12.5 Å². The summed E-state index contributed by atoms with van der Waals surface area (Å²) in [5, 5.41) is 20.5. The van der Waals surface area contributed by atoms with Gasteiger partial charge in [0.25, 0.3) is 5.69 Å². The first-order chi connectivity index (χ1) is 8.40. The molecule has 1 aromatic rings. The number of aliphatic hydroxyl groups excluding tert-OH is 1. The van der Waals surface area contributed by atoms with Crippen molar-refractivity contribution < 1.29 is 14.8 Å². The zero-order valence-electron chi connectivity index (χ0n) is 8.97. The Balaban J connectivity index is 2.56. The van der Waals surface area contributed by atoms with Crippen LogP contribution in [0.2, 0.25) is 0 Å². The fraction of sp³-hybridized carbons (Fsp3) is 0.300. The van der Waals surface area contributed by atoms with Crippen molar-refractivity contribution >= 4 is 49.1 Å². The topological polar surface area (TPSA) is 83.7 Å². The second kappa shape index (κ2) is 4.94. The lowest BCUT2D eigenvalue weighted by Gasteiger charge is -2.17. The first-order valence-corrected chi connectivity index (χ1v) is 6.60. The Morgan fingerprint density at radius 2 is 2.11 bits per heavy atom. The second-order valence-corrected chi connectivity index (χ2v) is 5.64. The quantitative estimate of drug-likeness (QED) is 0.630. The zero-order chi connectivity index (χ0) is 13.4. The third-order valence-corrected chi connectivity index (χ3v) is 3.64. The van der Waals surface area contributed by atoms with Gasteiger partial charge in [-0.25, -0.2) is 0 Å². The Kier molecular flexibility index (Phi) is 3.69. The number of carbonyl (C=O) groups is 1. The summed E-state index contributed by atoms with van der Waals surface area (Å²) in [6, 6.07) is 2.96. The molecule has 1 aromatic carbocycles. The second-order valence-electron chi connectivity index (χ2n) is 3.87. The summed E-state index contributed by atoms with van der Waals surface area (Å²) in [5.41, 5.74) is 0.00319. The van der Waals surface area contributed by atoms with E-state index in [9.17, 15) is 20.0 Å². The number of anilines is 1. The molecule has 1 heterocycles. The Bertz CT molecular complexity index is 535. The molecule has 1 atom stereocenters. The van der Waals surface area contributed by atoms with E-state index < -0.39 is 11.0 Å². The maximum absolute atomic E-state index is 11.7. The number of nitro benzene ring substituents is 1. The summed E-state index contributed by atoms with van der Waals surface area (Å²) >= 11 is 6.38. The van der Waals surface area contributed by atoms with Gasteiger partial charge in [0.15, 0.2) is 0 Å². The molecule has 1 fully saturated rings. The number of hydrogen-bond donors (Lipinski definition) is 1. The molecule has 0 radical (unpaired) electrons. The minimum Gasteiger partial charge on any atom is -0.391 e. The normalized spacial score (nSPS) is 19.4. The van der Waals surface area contributed by atoms with Crippen LogP contribution in [0.5, 0.6) is 0 Å². The average Bonchev–Trinajstić information content (AvgIpc) is 2.56. The number of nitrogens with zero attached hydrogens (tertiary/aromatic N) is 2. The van der Waals surface area contributed by atoms with Gasteiger partial charge < -0.3 is 10.0 Å². The summed E-state index contributed by atoms with van der Waals surface area (Å²) < 4.78 is 0.975. The van der Waals surface area contributed by atoms with E-state index in [1.54, 1.807) is 6.07 Å². The fourth-order valence-electron chi connectivity index (χ4n) is 1.86. The summed E-state index contributed by atoms with van der Waals surface area (Å²) in [4.78, 5) is 23.4. The Morgan fingerprint density at radius 1 is 1.44 bits per heavy atom. The third kappa shape index (κ3) is 2.40. The van der Waals surface area contributed by atoms with E-state index in [1.165, 1.54) is 11.0 Å². The summed E-state index contributed by atoms with van der Waals surface area (Å²) in [7, 11) is 0. The van der Waals surface area contributed by atoms with Crippen LogP contribution in [0.15, 0.2) is 21.1 Å². The molecule has 0 spiro atoms. The highest BCUT2D eigenvalue weighted by molar-refractivity contribution is 9.11. The summed E-state index contributed by atoms with van der Waals surface area (Å²) in [6.07, 6.45) is -0.799. The van der Waals surface area contributed by atoms with Gasteiger partial charge >= 0.3 is 0 Å². The molecular formula is C10H8Br2N2O4. The molecule has 0 aliphatic carbocycles. The Labute approximate surface area is 119 Å². The molecule has 1 unspecified atom stereocenters. The lowest BCUT2D eigenvalue weighted by Crippen LogP contribution is -2.26. The van der Waals surface area contributed by atoms with Gasteiger partial charge in [-0.3, -0.25) is 14.9 Å². The molecule has 2 rings (SSSR count). The van der Waals surface area contributed by atoms with E-state index in [1.807, 2.05) is 0 Å². The monoisotopic (exact) mass is 378 g/mol. The van der Waals surface area contributed by atoms with Gasteiger partial charge in [0, 0.05) is 15.0 Å². The predicted molar refractivity (Wildman–Crippen MR) is 71.5 cm³/mol. The minimum absolute atomic E-state index is 0.0142. The largest absolute Gasteiger partial charge is 0.391 e. The van der Waals surface area contributed by atoms with Gasteiger partial charge in [0.2, 0.25) is 5.91 Å². The van der Waals surface area contributed by atoms with E-state index in [2.05, 4.69) is 31.9 Å². The van der Waals surface area contributed by atoms with Crippen LogP contribution in [0.4, 0.5) is 11.4 Å². The lowest BCUT2D eigenvalue weighted by atomic mass is 10.2. The highest BCUT2D eigenvalue weighted by atomic mass is 79.9. The highest BCUT2D eigenvalue weighted by Gasteiger charge is 2.34. The molecule has 1 saturated heterocycles. The molecule has 1 aliphatic heterocycles. The maximum atomic E-state index is 11.7. The SMILES string of the molecule is O=C1CC(O)CN1c1c(Br)cc(Br)cc1[N+](=O)[O-]. The number of halogens is 2. The molecule has 96 valence electrons. The highest BCUT2D eigenvalue weighted by Crippen LogP contribution is 2.40. The Hall–Kier alpha value is -0.990. The third-order valence-electron chi connectivity index (χ3n) is 2.58. The van der Waals surface area contributed by atoms with Crippen molar-refractivity contribution in [3.63, 3.8) is 0 Å². The predicted octanol–water partition coefficient (Wildman–Crippen LogP) is 2.22. The van der Waals surface area contributed by atoms with Crippen molar-refractivity contribution in [2.24, 2.45) is 0 Å². The zero-order valence-corrected chi connectivity index (χ0v) is 12.1. The molecule has 0 bridgehead atoms. The van der Waals surface area contributed by atoms with Crippen LogP contribution >= 0.6 is 31.9 Å². The average molecular weight is 380 g/mol. The van der Waals surface area contributed by atoms with Crippen LogP contribution in [-0.4, -0.2) is 28.6 Å². The van der Waals surface area contributed by atoms with Crippen molar-refractivity contribution in [1.29, 1.82) is 0 Å². The van der Waals surface area contributed by atoms with Crippen LogP contribution in [0.25, 0.3) is 0 Å². The number of amides is 1. The van der Waals surface area contributed by atoms with Gasteiger partial charge in [0.1, 0.15) is 5.69 Å². The van der Waals surface area contributed by atoms with Crippen molar-refractivity contribution in [2.75, 3.05) is 11.4 Å². The number of benzene rings is 1. The minimum atomic E-state index is -0.785. The number of carbonyl (C=O) groups excluding carboxylic acids is 1. The standard InChI is InChI=1S/C10H8Br2N2O4/c11-5-1-7(12)10(8(2-5)14(17)18)13-4-6(15)3-9(13)16/h1-2,6,15H,3-4H2. The van der Waals surface area contributed by atoms with Crippen molar-refractivity contribution in [3.05, 3.63) is 31.2 Å². The molecule has 1 aliphatic rings. The van der Waals surface area contributed by atoms with E-state index in [0.29, 0.717) is 8.95 Å². The van der Waals surface area contributed by atoms with E-state index in [0.717, 1.165) is 0 Å². The number of aliphatic hydroxyl groups is 1. The van der Waals surface area contributed by atoms with E-state index in [4.69, 9.17) is 0 Å². The summed E-state index contributed by atoms with van der Waals surface area (Å²) in [5.74, 6) is -0.325. The van der Waals surface area contributed by atoms with Crippen molar-refractivity contribution in [1.82, 2.24) is 0 Å². The fourth-order valence-corrected chi connectivity index (χ4v) is 3.28. The van der Waals surface area contributed by atoms with Gasteiger partial charge in [-0.15, -0.1) is 0 Å². The molecule has 0 saturated carbocycles. The van der Waals surface area contributed by atoms with Crippen molar-refractivity contribution in [3.8, 4) is 0 Å². The molecule has 18 heavy (non-hydrogen) atoms. The van der Waals surface area contributed by atoms with Gasteiger partial charge in [-0.05, 0) is 22.0 Å². The molecular weight excluding hydrogens is 372 g/mol. The number of hydrogen-bond acceptors (Lipinski definition) is 4. The molecule has 0 aromatic heterocycles. The van der Waals surface area contributed by atoms with E-state index in [-0.39, 0.29) is 30.2 Å². The molecule has 6 nitrogen and oxygen atoms in total. The van der Waals surface area contributed by atoms with E-state index >= 15 is 0 Å². The Morgan fingerprint density at radius 3 is 2.61 bits per heavy atom. The summed E-state index contributed by atoms with van der Waals surface area (Å²) in [6.45, 7) is 0.0694. The van der Waals surface area contributed by atoms with Crippen LogP contribution in [0, 0.1) is 10.1 Å². The van der Waals surface area contributed by atoms with Gasteiger partial charge in [0.05, 0.1) is 24.0 Å². The number of rotatable bonds is 2. The van der Waals surface area contributed by atoms with Crippen LogP contribution in [0.3, 0.4) is 0 Å². The smallest absolute Gasteiger partial charge is 0.295 e. The van der Waals surface area contributed by atoms with Crippen LogP contribution < -0.4 is 4.90 Å². The number of β-amino-alcohol motifs (C(OH)–C–C–N with tert-alkyl or cyclic N) is 1. The first-order valence-electron chi connectivity index (χ1n) is 5.02. The molecule has 1 amide bonds. The van der Waals surface area contributed by atoms with Crippen LogP contribution in [0.1, 0.15) is 6.42 Å². The first kappa shape index (κ1) is 13.4. The molecule has 8 heteroatoms. The lowest BCUT2D eigenvalue weighted by molar-refractivity contribution is -0.384. The van der Waals surface area contributed by atoms with Gasteiger partial charge in [-0.1, -0.05) is 15.9 Å².